The molecule has 2 aliphatic rings. The minimum Gasteiger partial charge on any atom is -0.387 e. The first-order valence-electron chi connectivity index (χ1n) is 9.92. The van der Waals surface area contributed by atoms with Crippen LogP contribution in [0.4, 0.5) is 10.2 Å². The van der Waals surface area contributed by atoms with Crippen molar-refractivity contribution in [2.45, 2.75) is 49.8 Å². The number of hydrogen-bond donors (Lipinski definition) is 3. The van der Waals surface area contributed by atoms with Gasteiger partial charge in [0.1, 0.15) is 23.6 Å². The Bertz CT molecular complexity index is 1130. The van der Waals surface area contributed by atoms with Crippen molar-refractivity contribution in [2.75, 3.05) is 12.3 Å². The van der Waals surface area contributed by atoms with Crippen molar-refractivity contribution >= 4 is 25.2 Å². The third kappa shape index (κ3) is 4.84. The van der Waals surface area contributed by atoms with Crippen LogP contribution in [0.2, 0.25) is 5.02 Å². The number of alkyl halides is 1. The molecule has 14 heteroatoms. The second kappa shape index (κ2) is 9.05. The van der Waals surface area contributed by atoms with E-state index in [1.807, 2.05) is 0 Å². The molecular weight excluding hydrogens is 484 g/mol. The third-order valence-corrected chi connectivity index (χ3v) is 7.10. The minimum absolute atomic E-state index is 0.0535. The highest BCUT2D eigenvalue weighted by Gasteiger charge is 2.57. The summed E-state index contributed by atoms with van der Waals surface area (Å²) in [5.41, 5.74) is 3.03. The van der Waals surface area contributed by atoms with Crippen molar-refractivity contribution in [2.24, 2.45) is 0 Å². The number of nitrogen functional groups attached to an aromatic ring is 1. The van der Waals surface area contributed by atoms with E-state index in [0.29, 0.717) is 17.0 Å². The van der Waals surface area contributed by atoms with E-state index in [1.165, 1.54) is 12.3 Å². The van der Waals surface area contributed by atoms with Gasteiger partial charge in [-0.25, -0.2) is 18.3 Å². The predicted molar refractivity (Wildman–Crippen MR) is 113 cm³/mol. The largest absolute Gasteiger partial charge is 0.478 e. The highest BCUT2D eigenvalue weighted by atomic mass is 35.5. The predicted octanol–water partition coefficient (Wildman–Crippen LogP) is 2.09. The monoisotopic (exact) mass is 505 g/mol. The quantitative estimate of drug-likeness (QED) is 0.514. The maximum absolute atomic E-state index is 15.1. The number of rotatable bonds is 5. The van der Waals surface area contributed by atoms with Gasteiger partial charge in [0.2, 0.25) is 6.36 Å². The fourth-order valence-electron chi connectivity index (χ4n) is 3.68. The number of nitrogens with zero attached hydrogens (tertiary/aromatic N) is 2. The van der Waals surface area contributed by atoms with E-state index in [-0.39, 0.29) is 12.4 Å². The summed E-state index contributed by atoms with van der Waals surface area (Å²) in [5, 5.41) is 21.6. The zero-order valence-electron chi connectivity index (χ0n) is 17.3. The maximum Gasteiger partial charge on any atom is 0.478 e. The van der Waals surface area contributed by atoms with E-state index < -0.39 is 50.0 Å². The first-order chi connectivity index (χ1) is 15.5. The smallest absolute Gasteiger partial charge is 0.387 e. The van der Waals surface area contributed by atoms with Gasteiger partial charge in [-0.05, 0) is 30.7 Å². The number of anilines is 1. The lowest BCUT2D eigenvalue weighted by Crippen LogP contribution is -2.47. The number of phosphoric ester groups is 1. The van der Waals surface area contributed by atoms with Crippen LogP contribution in [0.5, 0.6) is 0 Å². The highest BCUT2D eigenvalue weighted by molar-refractivity contribution is 7.48. The van der Waals surface area contributed by atoms with E-state index in [4.69, 9.17) is 35.6 Å². The highest BCUT2D eigenvalue weighted by Crippen LogP contribution is 2.58. The number of halogens is 2. The third-order valence-electron chi connectivity index (χ3n) is 5.39. The molecule has 0 spiro atoms. The van der Waals surface area contributed by atoms with Crippen LogP contribution in [0.1, 0.15) is 31.2 Å². The molecule has 4 N–H and O–H groups in total. The summed E-state index contributed by atoms with van der Waals surface area (Å²) in [6.45, 7) is 1.09. The van der Waals surface area contributed by atoms with Crippen molar-refractivity contribution in [3.05, 3.63) is 57.6 Å². The van der Waals surface area contributed by atoms with Crippen molar-refractivity contribution in [3.8, 4) is 0 Å². The molecule has 7 atom stereocenters. The molecule has 1 aromatic carbocycles. The Morgan fingerprint density at radius 1 is 1.45 bits per heavy atom. The zero-order chi connectivity index (χ0) is 24.0. The lowest BCUT2D eigenvalue weighted by Gasteiger charge is -2.31. The average Bonchev–Trinajstić information content (AvgIpc) is 2.97. The van der Waals surface area contributed by atoms with E-state index in [9.17, 15) is 19.6 Å². The summed E-state index contributed by atoms with van der Waals surface area (Å²) in [4.78, 5) is 15.7. The number of aliphatic hydroxyl groups excluding tert-OH is 1. The minimum atomic E-state index is -4.42. The fraction of sp³-hybridized carbons (Fsp3) is 0.474. The molecule has 0 amide bonds. The second-order valence-electron chi connectivity index (χ2n) is 7.84. The lowest BCUT2D eigenvalue weighted by molar-refractivity contribution is -0.136. The van der Waals surface area contributed by atoms with Crippen molar-refractivity contribution in [1.29, 1.82) is 0 Å². The Hall–Kier alpha value is -1.89. The van der Waals surface area contributed by atoms with Gasteiger partial charge in [-0.2, -0.15) is 4.98 Å². The van der Waals surface area contributed by atoms with Gasteiger partial charge >= 0.3 is 13.5 Å². The molecule has 33 heavy (non-hydrogen) atoms. The Labute approximate surface area is 192 Å². The van der Waals surface area contributed by atoms with Crippen LogP contribution in [0, 0.1) is 0 Å². The molecule has 1 aromatic heterocycles. The van der Waals surface area contributed by atoms with Crippen LogP contribution < -0.4 is 11.4 Å². The van der Waals surface area contributed by atoms with Gasteiger partial charge in [-0.3, -0.25) is 13.6 Å². The van der Waals surface area contributed by atoms with Crippen LogP contribution >= 0.6 is 19.4 Å². The molecule has 0 bridgehead atoms. The number of benzene rings is 1. The molecule has 0 saturated carbocycles. The van der Waals surface area contributed by atoms with Crippen LogP contribution in [0.3, 0.4) is 0 Å². The van der Waals surface area contributed by atoms with Crippen molar-refractivity contribution < 1.29 is 37.5 Å². The number of aliphatic hydroxyl groups is 2. The molecule has 2 saturated heterocycles. The van der Waals surface area contributed by atoms with Crippen molar-refractivity contribution in [3.63, 3.8) is 0 Å². The Balaban J connectivity index is 1.51. The van der Waals surface area contributed by atoms with E-state index in [1.54, 1.807) is 24.3 Å². The lowest BCUT2D eigenvalue weighted by atomic mass is 9.96. The molecular formula is C19H22ClFN3O8P. The molecule has 2 fully saturated rings. The molecule has 0 aliphatic carbocycles. The van der Waals surface area contributed by atoms with Gasteiger partial charge in [-0.1, -0.05) is 23.7 Å². The first-order valence-corrected chi connectivity index (χ1v) is 11.8. The van der Waals surface area contributed by atoms with Crippen molar-refractivity contribution in [1.82, 2.24) is 9.55 Å². The van der Waals surface area contributed by atoms with E-state index in [2.05, 4.69) is 4.98 Å². The summed E-state index contributed by atoms with van der Waals surface area (Å²) < 4.78 is 49.7. The second-order valence-corrected chi connectivity index (χ2v) is 9.85. The van der Waals surface area contributed by atoms with Gasteiger partial charge < -0.3 is 20.7 Å². The van der Waals surface area contributed by atoms with E-state index in [0.717, 1.165) is 11.5 Å². The van der Waals surface area contributed by atoms with E-state index >= 15 is 4.39 Å². The Morgan fingerprint density at radius 2 is 2.21 bits per heavy atom. The Morgan fingerprint density at radius 3 is 2.91 bits per heavy atom. The SMILES string of the molecule is C[C@@]1(O)[C@H](O)[C@@H](C(F)O[P@@]2(=O)OCC[C@@H](c3cccc(Cl)c3)O2)O[C@H]1n1ccc(N)nc1=O. The van der Waals surface area contributed by atoms with Crippen LogP contribution in [-0.4, -0.2) is 50.5 Å². The molecule has 1 unspecified atom stereocenters. The van der Waals surface area contributed by atoms with Gasteiger partial charge in [0.15, 0.2) is 6.23 Å². The molecule has 11 nitrogen and oxygen atoms in total. The molecule has 2 aromatic rings. The van der Waals surface area contributed by atoms with Gasteiger partial charge in [0, 0.05) is 17.6 Å². The summed E-state index contributed by atoms with van der Waals surface area (Å²) in [7, 11) is -4.42. The number of nitrogens with two attached hydrogens (primary N) is 1. The number of ether oxygens (including phenoxy) is 1. The number of hydrogen-bond acceptors (Lipinski definition) is 10. The molecule has 0 radical (unpaired) electrons. The summed E-state index contributed by atoms with van der Waals surface area (Å²) in [6.07, 6.45) is -7.03. The molecule has 180 valence electrons. The normalized spacial score (nSPS) is 35.4. The molecule has 4 rings (SSSR count). The van der Waals surface area contributed by atoms with Gasteiger partial charge in [0.05, 0.1) is 12.7 Å². The number of aromatic nitrogens is 2. The summed E-state index contributed by atoms with van der Waals surface area (Å²) in [6, 6.07) is 7.91. The standard InChI is InChI=1S/C19H22ClFN3O8P/c1-19(27)15(25)14(30-17(19)24-7-5-13(22)23-18(24)26)16(21)32-33(28)29-8-6-12(31-33)10-3-2-4-11(20)9-10/h2-5,7,9,12,14-17,25,27H,6,8H2,1H3,(H2,22,23,26)/t12-,14-,15+,16?,17+,19+,33-/m0/s1. The molecule has 2 aliphatic heterocycles. The topological polar surface area (TPSA) is 155 Å². The summed E-state index contributed by atoms with van der Waals surface area (Å²) >= 11 is 5.98. The average molecular weight is 506 g/mol. The first kappa shape index (κ1) is 24.2. The van der Waals surface area contributed by atoms with Crippen LogP contribution in [-0.2, 0) is 22.9 Å². The van der Waals surface area contributed by atoms with Gasteiger partial charge in [-0.15, -0.1) is 0 Å². The van der Waals surface area contributed by atoms with Crippen LogP contribution in [0.25, 0.3) is 0 Å². The fourth-order valence-corrected chi connectivity index (χ4v) is 5.28. The van der Waals surface area contributed by atoms with Crippen LogP contribution in [0.15, 0.2) is 41.3 Å². The Kier molecular flexibility index (Phi) is 6.64. The zero-order valence-corrected chi connectivity index (χ0v) is 18.9. The number of phosphoric acid groups is 1. The summed E-state index contributed by atoms with van der Waals surface area (Å²) in [5.74, 6) is -0.0726. The van der Waals surface area contributed by atoms with Gasteiger partial charge in [0.25, 0.3) is 0 Å². The maximum atomic E-state index is 15.1. The molecule has 3 heterocycles.